The van der Waals surface area contributed by atoms with Gasteiger partial charge < -0.3 is 58.7 Å². The Balaban J connectivity index is 1.28. The van der Waals surface area contributed by atoms with E-state index in [-0.39, 0.29) is 23.9 Å². The Hall–Kier alpha value is -5.03. The average molecular weight is 922 g/mol. The number of nitrogens with one attached hydrogen (secondary N) is 1. The fourth-order valence-electron chi connectivity index (χ4n) is 12.7. The van der Waals surface area contributed by atoms with Crippen LogP contribution in [0.1, 0.15) is 110 Å². The molecule has 1 aromatic heterocycles. The summed E-state index contributed by atoms with van der Waals surface area (Å²) in [5, 5.41) is 47.7. The van der Waals surface area contributed by atoms with E-state index in [9.17, 15) is 25.2 Å². The smallest absolute Gasteiger partial charge is 0.333 e. The third-order valence-corrected chi connectivity index (χ3v) is 15.7. The minimum Gasteiger partial charge on any atom is -0.482 e. The zero-order chi connectivity index (χ0) is 47.7. The lowest BCUT2D eigenvalue weighted by atomic mass is 9.44. The van der Waals surface area contributed by atoms with Gasteiger partial charge in [0.2, 0.25) is 12.2 Å². The summed E-state index contributed by atoms with van der Waals surface area (Å²) in [4.78, 5) is 34.0. The zero-order valence-electron chi connectivity index (χ0n) is 39.7. The Labute approximate surface area is 390 Å². The van der Waals surface area contributed by atoms with E-state index in [4.69, 9.17) is 33.4 Å². The van der Waals surface area contributed by atoms with E-state index in [0.29, 0.717) is 59.0 Å². The number of aliphatic hydroxyl groups excluding tert-OH is 4. The van der Waals surface area contributed by atoms with Crippen LogP contribution >= 0.6 is 0 Å². The maximum Gasteiger partial charge on any atom is 0.333 e. The van der Waals surface area contributed by atoms with Crippen LogP contribution in [-0.4, -0.2) is 109 Å². The van der Waals surface area contributed by atoms with E-state index in [0.717, 1.165) is 23.0 Å². The number of methoxy groups -OCH3 is 1. The van der Waals surface area contributed by atoms with Gasteiger partial charge in [0.1, 0.15) is 47.3 Å². The van der Waals surface area contributed by atoms with Crippen LogP contribution < -0.4 is 19.5 Å². The number of aromatic nitrogens is 2. The number of nitrogens with zero attached hydrogens (tertiary/aromatic N) is 2. The van der Waals surface area contributed by atoms with Crippen LogP contribution in [-0.2, 0) is 30.2 Å². The van der Waals surface area contributed by atoms with E-state index in [2.05, 4.69) is 35.9 Å². The second-order valence-corrected chi connectivity index (χ2v) is 20.9. The molecule has 6 heterocycles. The lowest BCUT2D eigenvalue weighted by Gasteiger charge is -2.67. The van der Waals surface area contributed by atoms with Crippen LogP contribution in [0, 0.1) is 17.8 Å². The van der Waals surface area contributed by atoms with Crippen molar-refractivity contribution in [3.63, 3.8) is 0 Å². The van der Waals surface area contributed by atoms with E-state index < -0.39 is 89.6 Å². The molecule has 358 valence electrons. The summed E-state index contributed by atoms with van der Waals surface area (Å²) in [6.07, 6.45) is 4.39. The topological polar surface area (TPSA) is 200 Å². The number of esters is 1. The molecule has 3 aromatic rings. The molecule has 2 aromatic carbocycles. The van der Waals surface area contributed by atoms with Crippen LogP contribution in [0.3, 0.4) is 0 Å². The van der Waals surface area contributed by atoms with Gasteiger partial charge in [-0.3, -0.25) is 4.79 Å². The molecule has 1 spiro atoms. The number of Topliss-reactive ketones (excluding diaryl/α,β-unsaturated/α-hetero) is 1. The third kappa shape index (κ3) is 6.62. The predicted molar refractivity (Wildman–Crippen MR) is 248 cm³/mol. The predicted octanol–water partition coefficient (Wildman–Crippen LogP) is 6.37. The summed E-state index contributed by atoms with van der Waals surface area (Å²) in [5.41, 5.74) is 1.40. The lowest BCUT2D eigenvalue weighted by molar-refractivity contribution is -0.278. The number of anilines is 1. The Morgan fingerprint density at radius 2 is 1.73 bits per heavy atom. The molecule has 3 saturated carbocycles. The standard InChI is InChI=1S/C52H63N3O12/c1-25(2)13-12-20-50(8)21-19-29-42(65-50)28(17-16-26(3)4)44-35(43(29)64-47-41(59)40(58)39(57)33(24-56)63-47)37-36-38(55-32-15-11-10-14-31(32)53-48(55)54-37)30-23-34-49(6,7)67-51(45(30)60,52(34,36)66-44)22-18-27(5)46(61)62-9/h10-11,13-16,18-19,21,30,33-34,36-41,47,56-59H,12,17,20,22-24H2,1-9H3,(H,53,54)/b27-18-/t30?,33-,34?,36?,37?,38?,39-,40+,41-,47+,50?,51?,52?/m1/s1. The molecule has 5 aliphatic heterocycles. The number of benzene rings is 2. The Morgan fingerprint density at radius 1 is 0.985 bits per heavy atom. The number of hydrogen-bond acceptors (Lipinski definition) is 14. The normalized spacial score (nSPS) is 35.8. The van der Waals surface area contributed by atoms with E-state index in [1.807, 2.05) is 71.0 Å². The second-order valence-electron chi connectivity index (χ2n) is 20.9. The van der Waals surface area contributed by atoms with E-state index in [1.54, 1.807) is 13.0 Å². The van der Waals surface area contributed by atoms with Crippen LogP contribution in [0.15, 0.2) is 65.3 Å². The van der Waals surface area contributed by atoms with E-state index >= 15 is 4.79 Å². The molecule has 8 aliphatic rings. The van der Waals surface area contributed by atoms with Gasteiger partial charge in [0, 0.05) is 35.3 Å². The molecule has 11 rings (SSSR count). The van der Waals surface area contributed by atoms with E-state index in [1.165, 1.54) is 12.7 Å². The quantitative estimate of drug-likeness (QED) is 0.0808. The molecule has 0 amide bonds. The molecule has 15 heteroatoms. The van der Waals surface area contributed by atoms with Crippen LogP contribution in [0.2, 0.25) is 0 Å². The molecule has 15 nitrogen and oxygen atoms in total. The maximum absolute atomic E-state index is 15.9. The molecule has 5 N–H and O–H groups in total. The van der Waals surface area contributed by atoms with Crippen LogP contribution in [0.5, 0.6) is 17.2 Å². The highest BCUT2D eigenvalue weighted by molar-refractivity contribution is 5.97. The molecule has 2 saturated heterocycles. The lowest BCUT2D eigenvalue weighted by Crippen LogP contribution is -2.79. The maximum atomic E-state index is 15.9. The number of aliphatic hydroxyl groups is 4. The highest BCUT2D eigenvalue weighted by Gasteiger charge is 2.86. The number of ketones is 1. The molecule has 67 heavy (non-hydrogen) atoms. The molecule has 4 bridgehead atoms. The van der Waals surface area contributed by atoms with Gasteiger partial charge in [0.25, 0.3) is 0 Å². The number of ether oxygens (including phenoxy) is 6. The van der Waals surface area contributed by atoms with Gasteiger partial charge in [-0.15, -0.1) is 0 Å². The number of imidazole rings is 1. The van der Waals surface area contributed by atoms with Crippen molar-refractivity contribution >= 4 is 34.8 Å². The van der Waals surface area contributed by atoms with Crippen LogP contribution in [0.25, 0.3) is 17.1 Å². The molecular weight excluding hydrogens is 859 g/mol. The number of fused-ring (bicyclic) bond motifs is 6. The van der Waals surface area contributed by atoms with Gasteiger partial charge in [0.05, 0.1) is 53.6 Å². The fraction of sp³-hybridized carbons (Fsp3) is 0.558. The van der Waals surface area contributed by atoms with Crippen molar-refractivity contribution in [3.8, 4) is 17.2 Å². The van der Waals surface area contributed by atoms with Gasteiger partial charge in [-0.1, -0.05) is 41.5 Å². The minimum atomic E-state index is -1.73. The van der Waals surface area contributed by atoms with Crippen molar-refractivity contribution in [1.29, 1.82) is 0 Å². The Bertz CT molecular complexity index is 2670. The zero-order valence-corrected chi connectivity index (χ0v) is 39.7. The van der Waals surface area contributed by atoms with Crippen molar-refractivity contribution in [3.05, 3.63) is 82.0 Å². The second kappa shape index (κ2) is 16.0. The Morgan fingerprint density at radius 3 is 2.45 bits per heavy atom. The summed E-state index contributed by atoms with van der Waals surface area (Å²) in [5.74, 6) is -0.359. The van der Waals surface area contributed by atoms with Gasteiger partial charge in [-0.05, 0) is 105 Å². The summed E-state index contributed by atoms with van der Waals surface area (Å²) < 4.78 is 42.8. The molecule has 8 unspecified atom stereocenters. The summed E-state index contributed by atoms with van der Waals surface area (Å²) in [6.45, 7) is 15.3. The fourth-order valence-corrected chi connectivity index (χ4v) is 12.7. The number of rotatable bonds is 11. The molecular formula is C52H63N3O12. The molecule has 13 atom stereocenters. The van der Waals surface area contributed by atoms with Gasteiger partial charge in [-0.2, -0.15) is 0 Å². The summed E-state index contributed by atoms with van der Waals surface area (Å²) in [6, 6.07) is 6.68. The highest BCUT2D eigenvalue weighted by Crippen LogP contribution is 2.76. The monoisotopic (exact) mass is 921 g/mol. The first-order valence-electron chi connectivity index (χ1n) is 23.6. The number of hydrogen-bond donors (Lipinski definition) is 5. The number of carbonyl (C=O) groups excluding carboxylic acids is 2. The molecule has 3 aliphatic carbocycles. The summed E-state index contributed by atoms with van der Waals surface area (Å²) in [7, 11) is 1.33. The van der Waals surface area contributed by atoms with Crippen molar-refractivity contribution in [2.24, 2.45) is 17.8 Å². The first-order chi connectivity index (χ1) is 31.8. The van der Waals surface area contributed by atoms with Crippen molar-refractivity contribution in [2.75, 3.05) is 19.0 Å². The number of para-hydroxylation sites is 2. The highest BCUT2D eigenvalue weighted by atomic mass is 16.7. The minimum absolute atomic E-state index is 0.0378. The number of carbonyl (C=O) groups is 2. The van der Waals surface area contributed by atoms with Gasteiger partial charge >= 0.3 is 5.97 Å². The Kier molecular flexibility index (Phi) is 10.9. The summed E-state index contributed by atoms with van der Waals surface area (Å²) >= 11 is 0. The number of allylic oxidation sites excluding steroid dienone is 4. The first-order valence-corrected chi connectivity index (χ1v) is 23.6. The van der Waals surface area contributed by atoms with Crippen molar-refractivity contribution in [1.82, 2.24) is 9.55 Å². The van der Waals surface area contributed by atoms with Gasteiger partial charge in [0.15, 0.2) is 17.0 Å². The van der Waals surface area contributed by atoms with Crippen molar-refractivity contribution in [2.45, 2.75) is 153 Å². The average Bonchev–Trinajstić information content (AvgIpc) is 3.73. The first kappa shape index (κ1) is 45.7. The molecule has 0 radical (unpaired) electrons. The third-order valence-electron chi connectivity index (χ3n) is 15.7. The van der Waals surface area contributed by atoms with Gasteiger partial charge in [-0.25, -0.2) is 9.78 Å². The van der Waals surface area contributed by atoms with Crippen molar-refractivity contribution < 1.29 is 58.4 Å². The van der Waals surface area contributed by atoms with Crippen LogP contribution in [0.4, 0.5) is 5.95 Å². The largest absolute Gasteiger partial charge is 0.482 e. The molecule has 5 fully saturated rings. The SMILES string of the molecule is COC(=O)/C(C)=C\CC12OC(C)(C)C3CC(C1=O)C1C4C(Nc5nc6ccccc6n51)c1c(O[C@@H]5O[C@H](CO)[C@@H](O)[C@H](O)[C@H]5O)c5c(c(CC=C(C)C)c1OC432)OC(C)(CCC=C(C)C)C=C5.